The molecular formula is C30H28N2O3. The summed E-state index contributed by atoms with van der Waals surface area (Å²) in [7, 11) is 0. The van der Waals surface area contributed by atoms with Gasteiger partial charge in [0.15, 0.2) is 0 Å². The van der Waals surface area contributed by atoms with Gasteiger partial charge in [0.05, 0.1) is 0 Å². The van der Waals surface area contributed by atoms with Crippen molar-refractivity contribution in [2.45, 2.75) is 45.2 Å². The molecule has 0 unspecified atom stereocenters. The second kappa shape index (κ2) is 7.32. The van der Waals surface area contributed by atoms with Crippen LogP contribution in [0.25, 0.3) is 10.9 Å². The Kier molecular flexibility index (Phi) is 3.86. The molecule has 1 aliphatic heterocycles. The Labute approximate surface area is 209 Å². The number of hydrogen-bond donors (Lipinski definition) is 1. The fourth-order valence-electron chi connectivity index (χ4n) is 5.31. The largest absolute Gasteiger partial charge is 0.506 e. The van der Waals surface area contributed by atoms with Gasteiger partial charge in [-0.15, -0.1) is 0 Å². The van der Waals surface area contributed by atoms with Crippen LogP contribution in [0.1, 0.15) is 48.4 Å². The SMILES string of the molecule is [2H]C([2H])([2H])[C@@]12N=C(c3cccc(Oc4ccc5cccc(O)c5n4)c3)O[C@]1(C(C)(C)C)Cc1ccccc12. The van der Waals surface area contributed by atoms with Gasteiger partial charge in [0.2, 0.25) is 11.8 Å². The lowest BCUT2D eigenvalue weighted by Gasteiger charge is -2.45. The van der Waals surface area contributed by atoms with Gasteiger partial charge in [0.1, 0.15) is 28.2 Å². The second-order valence-electron chi connectivity index (χ2n) is 10.3. The van der Waals surface area contributed by atoms with E-state index in [-0.39, 0.29) is 11.6 Å². The highest BCUT2D eigenvalue weighted by Gasteiger charge is 2.66. The first-order valence-electron chi connectivity index (χ1n) is 13.2. The number of para-hydroxylation sites is 1. The van der Waals surface area contributed by atoms with E-state index in [1.54, 1.807) is 30.3 Å². The Hall–Kier alpha value is -3.86. The molecule has 2 atom stereocenters. The highest BCUT2D eigenvalue weighted by atomic mass is 16.5. The van der Waals surface area contributed by atoms with Crippen molar-refractivity contribution in [3.8, 4) is 17.4 Å². The summed E-state index contributed by atoms with van der Waals surface area (Å²) in [5.41, 5.74) is -0.483. The predicted octanol–water partition coefficient (Wildman–Crippen LogP) is 6.77. The third-order valence-corrected chi connectivity index (χ3v) is 7.16. The predicted molar refractivity (Wildman–Crippen MR) is 137 cm³/mol. The molecule has 5 heteroatoms. The van der Waals surface area contributed by atoms with E-state index >= 15 is 0 Å². The average Bonchev–Trinajstić information content (AvgIpc) is 3.36. The van der Waals surface area contributed by atoms with Crippen LogP contribution >= 0.6 is 0 Å². The minimum Gasteiger partial charge on any atom is -0.506 e. The average molecular weight is 468 g/mol. The van der Waals surface area contributed by atoms with Crippen molar-refractivity contribution in [1.82, 2.24) is 4.98 Å². The van der Waals surface area contributed by atoms with Crippen molar-refractivity contribution in [1.29, 1.82) is 0 Å². The lowest BCUT2D eigenvalue weighted by Crippen LogP contribution is -2.54. The molecular weight excluding hydrogens is 436 g/mol. The molecule has 35 heavy (non-hydrogen) atoms. The third-order valence-electron chi connectivity index (χ3n) is 7.16. The normalized spacial score (nSPS) is 24.5. The summed E-state index contributed by atoms with van der Waals surface area (Å²) in [5.74, 6) is 1.16. The monoisotopic (exact) mass is 467 g/mol. The molecule has 0 saturated carbocycles. The van der Waals surface area contributed by atoms with E-state index in [9.17, 15) is 5.11 Å². The zero-order valence-corrected chi connectivity index (χ0v) is 19.9. The molecule has 6 rings (SSSR count). The zero-order valence-electron chi connectivity index (χ0n) is 22.9. The van der Waals surface area contributed by atoms with Crippen LogP contribution in [0.2, 0.25) is 0 Å². The zero-order chi connectivity index (χ0) is 26.9. The molecule has 0 fully saturated rings. The number of ether oxygens (including phenoxy) is 2. The maximum Gasteiger partial charge on any atom is 0.219 e. The number of pyridine rings is 1. The molecule has 0 spiro atoms. The van der Waals surface area contributed by atoms with Gasteiger partial charge in [-0.1, -0.05) is 63.2 Å². The summed E-state index contributed by atoms with van der Waals surface area (Å²) in [6.07, 6.45) is 0.443. The number of aromatic nitrogens is 1. The number of aromatic hydroxyl groups is 1. The molecule has 1 N–H and O–H groups in total. The summed E-state index contributed by atoms with van der Waals surface area (Å²) in [6.45, 7) is 3.59. The van der Waals surface area contributed by atoms with E-state index in [1.807, 2.05) is 69.3 Å². The van der Waals surface area contributed by atoms with Crippen molar-refractivity contribution in [3.05, 3.63) is 95.6 Å². The van der Waals surface area contributed by atoms with Crippen LogP contribution in [0.3, 0.4) is 0 Å². The Balaban J connectivity index is 1.44. The second-order valence-corrected chi connectivity index (χ2v) is 10.3. The topological polar surface area (TPSA) is 63.9 Å². The fraction of sp³-hybridized carbons (Fsp3) is 0.267. The van der Waals surface area contributed by atoms with Gasteiger partial charge >= 0.3 is 0 Å². The molecule has 0 amide bonds. The van der Waals surface area contributed by atoms with Gasteiger partial charge in [0, 0.05) is 33.0 Å². The maximum atomic E-state index is 10.2. The minimum absolute atomic E-state index is 0.0738. The molecule has 4 aromatic rings. The Bertz CT molecular complexity index is 1610. The van der Waals surface area contributed by atoms with Gasteiger partial charge in [0.25, 0.3) is 0 Å². The minimum atomic E-state index is -2.44. The molecule has 0 bridgehead atoms. The van der Waals surface area contributed by atoms with E-state index in [1.165, 1.54) is 0 Å². The van der Waals surface area contributed by atoms with Gasteiger partial charge < -0.3 is 14.6 Å². The number of benzene rings is 3. The van der Waals surface area contributed by atoms with E-state index < -0.39 is 23.4 Å². The molecule has 2 heterocycles. The van der Waals surface area contributed by atoms with Gasteiger partial charge in [-0.25, -0.2) is 9.98 Å². The highest BCUT2D eigenvalue weighted by molar-refractivity contribution is 5.97. The van der Waals surface area contributed by atoms with Crippen LogP contribution in [0.4, 0.5) is 0 Å². The quantitative estimate of drug-likeness (QED) is 0.361. The third kappa shape index (κ3) is 3.14. The molecule has 176 valence electrons. The first kappa shape index (κ1) is 18.5. The van der Waals surface area contributed by atoms with Crippen LogP contribution in [0, 0.1) is 5.41 Å². The van der Waals surface area contributed by atoms with Crippen molar-refractivity contribution < 1.29 is 18.7 Å². The Morgan fingerprint density at radius 3 is 2.66 bits per heavy atom. The Morgan fingerprint density at radius 1 is 1.00 bits per heavy atom. The summed E-state index contributed by atoms with van der Waals surface area (Å²) in [4.78, 5) is 9.38. The van der Waals surface area contributed by atoms with Crippen LogP contribution in [0.15, 0.2) is 83.9 Å². The lowest BCUT2D eigenvalue weighted by atomic mass is 9.66. The molecule has 1 aliphatic carbocycles. The summed E-state index contributed by atoms with van der Waals surface area (Å²) in [5, 5.41) is 11.0. The van der Waals surface area contributed by atoms with E-state index in [0.29, 0.717) is 34.7 Å². The smallest absolute Gasteiger partial charge is 0.219 e. The molecule has 0 radical (unpaired) electrons. The number of phenols is 1. The molecule has 0 saturated heterocycles. The van der Waals surface area contributed by atoms with E-state index in [4.69, 9.17) is 18.6 Å². The van der Waals surface area contributed by atoms with Crippen molar-refractivity contribution in [3.63, 3.8) is 0 Å². The number of fused-ring (bicyclic) bond motifs is 4. The molecule has 2 aliphatic rings. The molecule has 1 aromatic heterocycles. The molecule has 3 aromatic carbocycles. The number of aliphatic imine (C=N–C) groups is 1. The fourth-order valence-corrected chi connectivity index (χ4v) is 5.31. The van der Waals surface area contributed by atoms with Crippen molar-refractivity contribution in [2.75, 3.05) is 0 Å². The lowest BCUT2D eigenvalue weighted by molar-refractivity contribution is -0.0673. The maximum absolute atomic E-state index is 10.2. The van der Waals surface area contributed by atoms with Gasteiger partial charge in [-0.3, -0.25) is 0 Å². The Morgan fingerprint density at radius 2 is 1.83 bits per heavy atom. The molecule has 5 nitrogen and oxygen atoms in total. The van der Waals surface area contributed by atoms with Crippen LogP contribution < -0.4 is 4.74 Å². The van der Waals surface area contributed by atoms with Gasteiger partial charge in [-0.2, -0.15) is 0 Å². The summed E-state index contributed by atoms with van der Waals surface area (Å²) in [6, 6.07) is 23.6. The standard InChI is InChI=1S/C30H28N2O3/c1-28(2,3)30-18-21-9-5-6-13-23(21)29(30,4)32-27(35-30)20-11-7-12-22(17-20)34-25-16-15-19-10-8-14-24(33)26(19)31-25/h5-17,33H,18H2,1-4H3/t29-,30-/m0/s1/i4D3. The number of hydrogen-bond acceptors (Lipinski definition) is 5. The first-order chi connectivity index (χ1) is 18.0. The van der Waals surface area contributed by atoms with Gasteiger partial charge in [-0.05, 0) is 48.3 Å². The van der Waals surface area contributed by atoms with Crippen molar-refractivity contribution in [2.24, 2.45) is 10.4 Å². The van der Waals surface area contributed by atoms with E-state index in [0.717, 1.165) is 10.9 Å². The number of rotatable bonds is 3. The first-order valence-corrected chi connectivity index (χ1v) is 11.7. The number of phenolic OH excluding ortho intramolecular Hbond substituents is 1. The number of nitrogens with zero attached hydrogens (tertiary/aromatic N) is 2. The van der Waals surface area contributed by atoms with Crippen LogP contribution in [0.5, 0.6) is 17.4 Å². The van der Waals surface area contributed by atoms with Crippen LogP contribution in [-0.4, -0.2) is 21.6 Å². The van der Waals surface area contributed by atoms with Crippen molar-refractivity contribution >= 4 is 16.8 Å². The highest BCUT2D eigenvalue weighted by Crippen LogP contribution is 2.60. The summed E-state index contributed by atoms with van der Waals surface area (Å²) < 4.78 is 38.8. The van der Waals surface area contributed by atoms with Crippen LogP contribution in [-0.2, 0) is 16.7 Å². The van der Waals surface area contributed by atoms with E-state index in [2.05, 4.69) is 4.98 Å². The summed E-state index contributed by atoms with van der Waals surface area (Å²) >= 11 is 0.